The number of para-hydroxylation sites is 1. The molecule has 1 heterocycles. The van der Waals surface area contributed by atoms with Gasteiger partial charge in [-0.05, 0) is 32.0 Å². The first-order valence-corrected chi connectivity index (χ1v) is 8.22. The van der Waals surface area contributed by atoms with Gasteiger partial charge in [0.25, 0.3) is 5.69 Å². The highest BCUT2D eigenvalue weighted by Crippen LogP contribution is 2.29. The third-order valence-corrected chi connectivity index (χ3v) is 4.12. The summed E-state index contributed by atoms with van der Waals surface area (Å²) >= 11 is 0. The minimum absolute atomic E-state index is 0.0533. The second-order valence-corrected chi connectivity index (χ2v) is 5.92. The Labute approximate surface area is 159 Å². The van der Waals surface area contributed by atoms with Crippen molar-refractivity contribution in [1.29, 1.82) is 0 Å². The number of nitro benzene ring substituents is 2. The maximum atomic E-state index is 11.2. The van der Waals surface area contributed by atoms with Crippen LogP contribution in [-0.4, -0.2) is 25.8 Å². The predicted octanol–water partition coefficient (Wildman–Crippen LogP) is 3.75. The zero-order valence-corrected chi connectivity index (χ0v) is 15.1. The van der Waals surface area contributed by atoms with Crippen molar-refractivity contribution in [2.45, 2.75) is 13.8 Å². The smallest absolute Gasteiger partial charge is 0.272 e. The summed E-state index contributed by atoms with van der Waals surface area (Å²) in [5, 5.41) is 30.5. The number of nitrogens with zero attached hydrogens (tertiary/aromatic N) is 5. The Balaban J connectivity index is 1.87. The van der Waals surface area contributed by atoms with Crippen LogP contribution in [0.15, 0.2) is 53.6 Å². The number of hydrogen-bond donors (Lipinski definition) is 1. The first kappa shape index (κ1) is 18.7. The third kappa shape index (κ3) is 3.70. The lowest BCUT2D eigenvalue weighted by Gasteiger charge is -2.04. The Bertz CT molecular complexity index is 1080. The van der Waals surface area contributed by atoms with E-state index in [1.165, 1.54) is 18.3 Å². The molecule has 3 aromatic rings. The van der Waals surface area contributed by atoms with Crippen LogP contribution < -0.4 is 5.43 Å². The van der Waals surface area contributed by atoms with Crippen LogP contribution in [0.5, 0.6) is 0 Å². The highest BCUT2D eigenvalue weighted by Gasteiger charge is 2.19. The summed E-state index contributed by atoms with van der Waals surface area (Å²) in [4.78, 5) is 20.6. The summed E-state index contributed by atoms with van der Waals surface area (Å²) in [5.41, 5.74) is 5.10. The molecule has 0 spiro atoms. The summed E-state index contributed by atoms with van der Waals surface area (Å²) in [6.07, 6.45) is 1.52. The average molecular weight is 380 g/mol. The molecule has 10 heteroatoms. The molecule has 10 nitrogen and oxygen atoms in total. The van der Waals surface area contributed by atoms with E-state index in [2.05, 4.69) is 15.6 Å². The Kier molecular flexibility index (Phi) is 5.12. The molecule has 0 aliphatic heterocycles. The topological polar surface area (TPSA) is 128 Å². The molecule has 0 aliphatic rings. The van der Waals surface area contributed by atoms with Gasteiger partial charge in [-0.2, -0.15) is 10.2 Å². The van der Waals surface area contributed by atoms with Crippen LogP contribution in [0.4, 0.5) is 17.1 Å². The fourth-order valence-corrected chi connectivity index (χ4v) is 2.71. The van der Waals surface area contributed by atoms with Crippen molar-refractivity contribution in [1.82, 2.24) is 9.78 Å². The average Bonchev–Trinajstić information content (AvgIpc) is 2.96. The summed E-state index contributed by atoms with van der Waals surface area (Å²) < 4.78 is 1.78. The van der Waals surface area contributed by atoms with E-state index in [0.29, 0.717) is 0 Å². The molecule has 0 amide bonds. The fraction of sp³-hybridized carbons (Fsp3) is 0.111. The first-order valence-electron chi connectivity index (χ1n) is 8.22. The van der Waals surface area contributed by atoms with Crippen LogP contribution in [0, 0.1) is 34.1 Å². The minimum Gasteiger partial charge on any atom is -0.272 e. The number of non-ortho nitro benzene ring substituents is 1. The van der Waals surface area contributed by atoms with Gasteiger partial charge in [-0.1, -0.05) is 18.2 Å². The molecular formula is C18H16N6O4. The minimum atomic E-state index is -0.700. The SMILES string of the molecule is Cc1nn(-c2ccccc2)c(C)c1/C=N\Nc1ccc([N+](=O)[O-])cc1[N+](=O)[O-]. The van der Waals surface area contributed by atoms with E-state index in [-0.39, 0.29) is 11.4 Å². The second-order valence-electron chi connectivity index (χ2n) is 5.92. The number of aromatic nitrogens is 2. The number of benzene rings is 2. The molecule has 2 aromatic carbocycles. The van der Waals surface area contributed by atoms with Crippen molar-refractivity contribution >= 4 is 23.3 Å². The van der Waals surface area contributed by atoms with Crippen LogP contribution in [0.25, 0.3) is 5.69 Å². The molecule has 0 fully saturated rings. The van der Waals surface area contributed by atoms with E-state index >= 15 is 0 Å². The standard InChI is InChI=1S/C18H16N6O4/c1-12-16(13(2)22(21-12)14-6-4-3-5-7-14)11-19-20-17-9-8-15(23(25)26)10-18(17)24(27)28/h3-11,20H,1-2H3/b19-11-. The van der Waals surface area contributed by atoms with Crippen LogP contribution in [-0.2, 0) is 0 Å². The van der Waals surface area contributed by atoms with Gasteiger partial charge in [0.05, 0.1) is 39.2 Å². The molecule has 0 bridgehead atoms. The molecule has 142 valence electrons. The van der Waals surface area contributed by atoms with Crippen molar-refractivity contribution in [2.24, 2.45) is 5.10 Å². The molecule has 0 atom stereocenters. The fourth-order valence-electron chi connectivity index (χ4n) is 2.71. The molecule has 1 N–H and O–H groups in total. The van der Waals surface area contributed by atoms with Crippen LogP contribution in [0.2, 0.25) is 0 Å². The van der Waals surface area contributed by atoms with Crippen LogP contribution >= 0.6 is 0 Å². The largest absolute Gasteiger partial charge is 0.301 e. The number of hydrogen-bond acceptors (Lipinski definition) is 7. The summed E-state index contributed by atoms with van der Waals surface area (Å²) in [6, 6.07) is 12.9. The number of hydrazone groups is 1. The molecule has 0 saturated heterocycles. The number of nitro groups is 2. The lowest BCUT2D eigenvalue weighted by molar-refractivity contribution is -0.393. The van der Waals surface area contributed by atoms with Gasteiger partial charge in [-0.15, -0.1) is 0 Å². The van der Waals surface area contributed by atoms with Crippen molar-refractivity contribution in [3.8, 4) is 5.69 Å². The van der Waals surface area contributed by atoms with E-state index in [1.54, 1.807) is 4.68 Å². The van der Waals surface area contributed by atoms with E-state index in [1.807, 2.05) is 44.2 Å². The van der Waals surface area contributed by atoms with E-state index < -0.39 is 15.5 Å². The second kappa shape index (κ2) is 7.66. The van der Waals surface area contributed by atoms with E-state index in [4.69, 9.17) is 0 Å². The van der Waals surface area contributed by atoms with Crippen molar-refractivity contribution < 1.29 is 9.85 Å². The molecule has 28 heavy (non-hydrogen) atoms. The zero-order valence-electron chi connectivity index (χ0n) is 15.1. The Morgan fingerprint density at radius 3 is 2.43 bits per heavy atom. The molecule has 0 saturated carbocycles. The quantitative estimate of drug-likeness (QED) is 0.394. The van der Waals surface area contributed by atoms with Crippen molar-refractivity contribution in [3.05, 3.63) is 85.7 Å². The van der Waals surface area contributed by atoms with Gasteiger partial charge in [-0.25, -0.2) is 4.68 Å². The molecule has 0 aliphatic carbocycles. The lowest BCUT2D eigenvalue weighted by Crippen LogP contribution is -2.00. The molecule has 0 unspecified atom stereocenters. The Morgan fingerprint density at radius 2 is 1.79 bits per heavy atom. The van der Waals surface area contributed by atoms with E-state index in [9.17, 15) is 20.2 Å². The highest BCUT2D eigenvalue weighted by atomic mass is 16.6. The first-order chi connectivity index (χ1) is 13.4. The monoisotopic (exact) mass is 380 g/mol. The summed E-state index contributed by atoms with van der Waals surface area (Å²) in [7, 11) is 0. The van der Waals surface area contributed by atoms with Gasteiger partial charge < -0.3 is 0 Å². The zero-order chi connectivity index (χ0) is 20.3. The van der Waals surface area contributed by atoms with Gasteiger partial charge in [0.15, 0.2) is 0 Å². The van der Waals surface area contributed by atoms with Crippen LogP contribution in [0.3, 0.4) is 0 Å². The van der Waals surface area contributed by atoms with Gasteiger partial charge in [0, 0.05) is 11.6 Å². The number of aryl methyl sites for hydroxylation is 1. The third-order valence-electron chi connectivity index (χ3n) is 4.12. The van der Waals surface area contributed by atoms with Crippen molar-refractivity contribution in [3.63, 3.8) is 0 Å². The van der Waals surface area contributed by atoms with Crippen LogP contribution in [0.1, 0.15) is 17.0 Å². The Hall–Kier alpha value is -4.08. The summed E-state index contributed by atoms with van der Waals surface area (Å²) in [6.45, 7) is 3.73. The normalized spacial score (nSPS) is 10.9. The number of anilines is 1. The van der Waals surface area contributed by atoms with E-state index in [0.717, 1.165) is 28.7 Å². The summed E-state index contributed by atoms with van der Waals surface area (Å²) in [5.74, 6) is 0. The molecular weight excluding hydrogens is 364 g/mol. The van der Waals surface area contributed by atoms with Crippen molar-refractivity contribution in [2.75, 3.05) is 5.43 Å². The van der Waals surface area contributed by atoms with Gasteiger partial charge in [0.1, 0.15) is 5.69 Å². The maximum absolute atomic E-state index is 11.2. The predicted molar refractivity (Wildman–Crippen MR) is 104 cm³/mol. The van der Waals surface area contributed by atoms with Gasteiger partial charge >= 0.3 is 5.69 Å². The van der Waals surface area contributed by atoms with Gasteiger partial charge in [-0.3, -0.25) is 25.7 Å². The van der Waals surface area contributed by atoms with Gasteiger partial charge in [0.2, 0.25) is 0 Å². The Morgan fingerprint density at radius 1 is 1.07 bits per heavy atom. The highest BCUT2D eigenvalue weighted by molar-refractivity contribution is 5.83. The number of nitrogens with one attached hydrogen (secondary N) is 1. The molecule has 0 radical (unpaired) electrons. The molecule has 1 aromatic heterocycles. The number of rotatable bonds is 6. The lowest BCUT2D eigenvalue weighted by atomic mass is 10.2. The molecule has 3 rings (SSSR count). The maximum Gasteiger partial charge on any atom is 0.301 e.